The van der Waals surface area contributed by atoms with Crippen LogP contribution in [0.25, 0.3) is 11.1 Å². The van der Waals surface area contributed by atoms with Crippen molar-refractivity contribution >= 4 is 34.8 Å². The first kappa shape index (κ1) is 14.1. The largest absolute Gasteiger partial charge is 0.228 e. The number of rotatable bonds is 2. The summed E-state index contributed by atoms with van der Waals surface area (Å²) in [5.74, 6) is -0.737. The van der Waals surface area contributed by atoms with Crippen molar-refractivity contribution in [1.82, 2.24) is 4.98 Å². The molecule has 1 aromatic heterocycles. The van der Waals surface area contributed by atoms with Gasteiger partial charge in [0.25, 0.3) is 0 Å². The van der Waals surface area contributed by atoms with Crippen LogP contribution in [0.4, 0.5) is 4.39 Å². The Morgan fingerprint density at radius 2 is 1.79 bits per heavy atom. The van der Waals surface area contributed by atoms with Gasteiger partial charge in [-0.15, -0.1) is 0 Å². The Hall–Kier alpha value is -1.34. The van der Waals surface area contributed by atoms with Crippen molar-refractivity contribution in [3.05, 3.63) is 51.0 Å². The minimum absolute atomic E-state index is 0.0218. The molecule has 0 radical (unpaired) electrons. The first-order chi connectivity index (χ1) is 9.06. The lowest BCUT2D eigenvalue weighted by Crippen LogP contribution is -1.97. The van der Waals surface area contributed by atoms with Crippen molar-refractivity contribution < 1.29 is 4.39 Å². The van der Waals surface area contributed by atoms with Gasteiger partial charge in [-0.3, -0.25) is 0 Å². The van der Waals surface area contributed by atoms with Crippen LogP contribution in [0, 0.1) is 17.3 Å². The second kappa shape index (κ2) is 5.75. The summed E-state index contributed by atoms with van der Waals surface area (Å²) < 4.78 is 14.0. The standard InChI is InChI=1S/C13H6Cl3FN2/c14-8-1-2-9(15)12(16)11(8)10-7(3-5-18)4-6-19-13(10)17/h1-2,4,6H,3H2. The Kier molecular flexibility index (Phi) is 4.26. The summed E-state index contributed by atoms with van der Waals surface area (Å²) in [4.78, 5) is 3.57. The van der Waals surface area contributed by atoms with E-state index in [1.54, 1.807) is 6.07 Å². The average molecular weight is 316 g/mol. The summed E-state index contributed by atoms with van der Waals surface area (Å²) in [6, 6.07) is 6.56. The predicted molar refractivity (Wildman–Crippen MR) is 74.0 cm³/mol. The van der Waals surface area contributed by atoms with E-state index < -0.39 is 5.95 Å². The molecule has 0 N–H and O–H groups in total. The molecule has 0 bridgehead atoms. The molecule has 0 amide bonds. The quantitative estimate of drug-likeness (QED) is 0.583. The van der Waals surface area contributed by atoms with Crippen molar-refractivity contribution in [2.75, 3.05) is 0 Å². The number of halogens is 4. The number of aromatic nitrogens is 1. The molecule has 1 heterocycles. The summed E-state index contributed by atoms with van der Waals surface area (Å²) in [7, 11) is 0. The smallest absolute Gasteiger partial charge is 0.221 e. The van der Waals surface area contributed by atoms with Crippen molar-refractivity contribution in [3.63, 3.8) is 0 Å². The van der Waals surface area contributed by atoms with Gasteiger partial charge in [-0.2, -0.15) is 9.65 Å². The summed E-state index contributed by atoms with van der Waals surface area (Å²) in [5, 5.41) is 9.44. The van der Waals surface area contributed by atoms with Gasteiger partial charge in [-0.25, -0.2) is 4.98 Å². The van der Waals surface area contributed by atoms with Gasteiger partial charge in [0.05, 0.1) is 27.6 Å². The number of benzene rings is 1. The SMILES string of the molecule is N#CCc1ccnc(F)c1-c1c(Cl)ccc(Cl)c1Cl. The van der Waals surface area contributed by atoms with Gasteiger partial charge in [0.1, 0.15) is 0 Å². The fraction of sp³-hybridized carbons (Fsp3) is 0.0769. The van der Waals surface area contributed by atoms with Gasteiger partial charge in [0.2, 0.25) is 5.95 Å². The van der Waals surface area contributed by atoms with E-state index in [0.717, 1.165) is 0 Å². The van der Waals surface area contributed by atoms with Crippen LogP contribution >= 0.6 is 34.8 Å². The molecule has 0 saturated carbocycles. The second-order valence-electron chi connectivity index (χ2n) is 3.69. The molecular formula is C13H6Cl3FN2. The third-order valence-corrected chi connectivity index (χ3v) is 3.67. The van der Waals surface area contributed by atoms with E-state index >= 15 is 0 Å². The molecule has 2 rings (SSSR count). The van der Waals surface area contributed by atoms with E-state index in [1.165, 1.54) is 18.3 Å². The van der Waals surface area contributed by atoms with Crippen LogP contribution in [-0.2, 0) is 6.42 Å². The number of pyridine rings is 1. The van der Waals surface area contributed by atoms with E-state index in [1.807, 2.05) is 6.07 Å². The second-order valence-corrected chi connectivity index (χ2v) is 4.88. The fourth-order valence-electron chi connectivity index (χ4n) is 1.73. The third kappa shape index (κ3) is 2.66. The zero-order valence-corrected chi connectivity index (χ0v) is 11.7. The highest BCUT2D eigenvalue weighted by atomic mass is 35.5. The van der Waals surface area contributed by atoms with Crippen LogP contribution in [0.15, 0.2) is 24.4 Å². The van der Waals surface area contributed by atoms with Gasteiger partial charge in [-0.1, -0.05) is 34.8 Å². The molecule has 0 aliphatic rings. The molecule has 19 heavy (non-hydrogen) atoms. The molecule has 96 valence electrons. The fourth-order valence-corrected chi connectivity index (χ4v) is 2.44. The zero-order valence-electron chi connectivity index (χ0n) is 9.42. The van der Waals surface area contributed by atoms with Crippen LogP contribution in [-0.4, -0.2) is 4.98 Å². The molecule has 0 aliphatic carbocycles. The molecule has 0 aliphatic heterocycles. The minimum Gasteiger partial charge on any atom is -0.228 e. The van der Waals surface area contributed by atoms with Crippen LogP contribution in [0.1, 0.15) is 5.56 Å². The lowest BCUT2D eigenvalue weighted by molar-refractivity contribution is 0.586. The number of nitrogens with zero attached hydrogens (tertiary/aromatic N) is 2. The van der Waals surface area contributed by atoms with Crippen molar-refractivity contribution in [1.29, 1.82) is 5.26 Å². The maximum absolute atomic E-state index is 14.0. The Morgan fingerprint density at radius 1 is 1.11 bits per heavy atom. The summed E-state index contributed by atoms with van der Waals surface area (Å²) in [5.41, 5.74) is 0.828. The molecular weight excluding hydrogens is 310 g/mol. The molecule has 0 unspecified atom stereocenters. The van der Waals surface area contributed by atoms with Gasteiger partial charge >= 0.3 is 0 Å². The monoisotopic (exact) mass is 314 g/mol. The number of hydrogen-bond acceptors (Lipinski definition) is 2. The van der Waals surface area contributed by atoms with Crippen LogP contribution < -0.4 is 0 Å². The molecule has 2 nitrogen and oxygen atoms in total. The number of nitriles is 1. The molecule has 2 aromatic rings. The Bertz CT molecular complexity index is 680. The minimum atomic E-state index is -0.737. The molecule has 0 atom stereocenters. The first-order valence-electron chi connectivity index (χ1n) is 5.20. The van der Waals surface area contributed by atoms with Crippen molar-refractivity contribution in [2.45, 2.75) is 6.42 Å². The highest BCUT2D eigenvalue weighted by Gasteiger charge is 2.19. The van der Waals surface area contributed by atoms with Gasteiger partial charge < -0.3 is 0 Å². The Labute approximate surface area is 124 Å². The van der Waals surface area contributed by atoms with E-state index in [9.17, 15) is 4.39 Å². The normalized spacial score (nSPS) is 10.3. The van der Waals surface area contributed by atoms with Gasteiger partial charge in [0, 0.05) is 17.3 Å². The third-order valence-electron chi connectivity index (χ3n) is 2.55. The highest BCUT2D eigenvalue weighted by Crippen LogP contribution is 2.41. The Morgan fingerprint density at radius 3 is 2.47 bits per heavy atom. The number of hydrogen-bond donors (Lipinski definition) is 0. The maximum Gasteiger partial charge on any atom is 0.221 e. The van der Waals surface area contributed by atoms with Crippen LogP contribution in [0.5, 0.6) is 0 Å². The highest BCUT2D eigenvalue weighted by molar-refractivity contribution is 6.46. The lowest BCUT2D eigenvalue weighted by atomic mass is 10.00. The summed E-state index contributed by atoms with van der Waals surface area (Å²) >= 11 is 18.1. The topological polar surface area (TPSA) is 36.7 Å². The van der Waals surface area contributed by atoms with Crippen molar-refractivity contribution in [2.24, 2.45) is 0 Å². The molecule has 6 heteroatoms. The van der Waals surface area contributed by atoms with Crippen LogP contribution in [0.2, 0.25) is 15.1 Å². The molecule has 0 saturated heterocycles. The van der Waals surface area contributed by atoms with E-state index in [-0.39, 0.29) is 32.6 Å². The zero-order chi connectivity index (χ0) is 14.0. The van der Waals surface area contributed by atoms with Gasteiger partial charge in [0.15, 0.2) is 0 Å². The van der Waals surface area contributed by atoms with E-state index in [2.05, 4.69) is 4.98 Å². The lowest BCUT2D eigenvalue weighted by Gasteiger charge is -2.12. The van der Waals surface area contributed by atoms with E-state index in [0.29, 0.717) is 5.56 Å². The molecule has 0 spiro atoms. The summed E-state index contributed by atoms with van der Waals surface area (Å²) in [6.45, 7) is 0. The van der Waals surface area contributed by atoms with Crippen molar-refractivity contribution in [3.8, 4) is 17.2 Å². The molecule has 0 fully saturated rings. The molecule has 1 aromatic carbocycles. The summed E-state index contributed by atoms with van der Waals surface area (Å²) in [6.07, 6.45) is 1.31. The van der Waals surface area contributed by atoms with Crippen LogP contribution in [0.3, 0.4) is 0 Å². The van der Waals surface area contributed by atoms with E-state index in [4.69, 9.17) is 40.1 Å². The average Bonchev–Trinajstić information content (AvgIpc) is 2.38. The first-order valence-corrected chi connectivity index (χ1v) is 6.34. The Balaban J connectivity index is 2.79. The van der Waals surface area contributed by atoms with Gasteiger partial charge in [-0.05, 0) is 23.8 Å². The predicted octanol–water partition coefficient (Wildman–Crippen LogP) is 4.91. The maximum atomic E-state index is 14.0.